The molecule has 0 unspecified atom stereocenters. The van der Waals surface area contributed by atoms with Crippen molar-refractivity contribution in [3.05, 3.63) is 249 Å². The van der Waals surface area contributed by atoms with Gasteiger partial charge in [-0.05, 0) is 108 Å². The zero-order chi connectivity index (χ0) is 39.4. The van der Waals surface area contributed by atoms with Crippen molar-refractivity contribution in [2.24, 2.45) is 0 Å². The molecule has 0 fully saturated rings. The molecule has 0 aromatic heterocycles. The van der Waals surface area contributed by atoms with Crippen molar-refractivity contribution < 1.29 is 0 Å². The van der Waals surface area contributed by atoms with Crippen molar-refractivity contribution in [2.75, 3.05) is 4.90 Å². The fraction of sp³-hybridized carbons (Fsp3) is 0. The van der Waals surface area contributed by atoms with Crippen LogP contribution in [0.1, 0.15) is 0 Å². The standard InChI is InChI=1S/C58H41N/c1-3-16-42(17-4-1)45-30-33-47(34-31-45)53-24-9-10-25-54(53)55-26-11-12-27-56(55)57-28-13-14-29-58(57)59(51-38-36-46(37-39-51)43-18-5-2-6-19-43)52-23-15-22-49(41-52)50-35-32-44-20-7-8-21-48(44)40-50/h1-41H. The molecule has 0 N–H and O–H groups in total. The van der Waals surface area contributed by atoms with Gasteiger partial charge in [0.15, 0.2) is 0 Å². The average Bonchev–Trinajstić information content (AvgIpc) is 3.33. The average molecular weight is 752 g/mol. The van der Waals surface area contributed by atoms with Gasteiger partial charge < -0.3 is 4.90 Å². The van der Waals surface area contributed by atoms with Crippen LogP contribution >= 0.6 is 0 Å². The molecule has 10 aromatic carbocycles. The van der Waals surface area contributed by atoms with Gasteiger partial charge >= 0.3 is 0 Å². The summed E-state index contributed by atoms with van der Waals surface area (Å²) in [5.41, 5.74) is 17.6. The molecule has 0 saturated heterocycles. The van der Waals surface area contributed by atoms with Crippen LogP contribution in [0.5, 0.6) is 0 Å². The van der Waals surface area contributed by atoms with E-state index in [4.69, 9.17) is 0 Å². The zero-order valence-electron chi connectivity index (χ0n) is 32.6. The first-order valence-electron chi connectivity index (χ1n) is 20.3. The van der Waals surface area contributed by atoms with Crippen LogP contribution in [0.2, 0.25) is 0 Å². The van der Waals surface area contributed by atoms with E-state index in [9.17, 15) is 0 Å². The van der Waals surface area contributed by atoms with Crippen molar-refractivity contribution in [2.45, 2.75) is 0 Å². The molecule has 0 saturated carbocycles. The molecule has 0 atom stereocenters. The summed E-state index contributed by atoms with van der Waals surface area (Å²) < 4.78 is 0. The molecule has 1 heteroatoms. The SMILES string of the molecule is c1ccc(-c2ccc(-c3ccccc3-c3ccccc3-c3ccccc3N(c3ccc(-c4ccccc4)cc3)c3cccc(-c4ccc5ccccc5c4)c3)cc2)cc1. The Morgan fingerprint density at radius 3 is 1.29 bits per heavy atom. The summed E-state index contributed by atoms with van der Waals surface area (Å²) in [6.07, 6.45) is 0. The summed E-state index contributed by atoms with van der Waals surface area (Å²) in [5.74, 6) is 0. The van der Waals surface area contributed by atoms with E-state index in [-0.39, 0.29) is 0 Å². The van der Waals surface area contributed by atoms with Gasteiger partial charge in [0.1, 0.15) is 0 Å². The maximum Gasteiger partial charge on any atom is 0.0540 e. The van der Waals surface area contributed by atoms with Gasteiger partial charge in [-0.25, -0.2) is 0 Å². The Hall–Kier alpha value is -7.74. The van der Waals surface area contributed by atoms with E-state index in [1.165, 1.54) is 72.0 Å². The lowest BCUT2D eigenvalue weighted by molar-refractivity contribution is 1.28. The van der Waals surface area contributed by atoms with E-state index in [1.54, 1.807) is 0 Å². The first-order valence-corrected chi connectivity index (χ1v) is 20.3. The minimum Gasteiger partial charge on any atom is -0.310 e. The molecule has 0 amide bonds. The highest BCUT2D eigenvalue weighted by atomic mass is 15.1. The maximum atomic E-state index is 2.42. The van der Waals surface area contributed by atoms with Crippen molar-refractivity contribution in [1.82, 2.24) is 0 Å². The molecular weight excluding hydrogens is 711 g/mol. The van der Waals surface area contributed by atoms with E-state index in [2.05, 4.69) is 254 Å². The first kappa shape index (κ1) is 35.7. The van der Waals surface area contributed by atoms with Crippen LogP contribution in [0.15, 0.2) is 249 Å². The second-order valence-corrected chi connectivity index (χ2v) is 14.9. The van der Waals surface area contributed by atoms with Crippen molar-refractivity contribution in [3.8, 4) is 66.8 Å². The van der Waals surface area contributed by atoms with Gasteiger partial charge in [0.2, 0.25) is 0 Å². The molecule has 0 radical (unpaired) electrons. The third-order valence-corrected chi connectivity index (χ3v) is 11.3. The Kier molecular flexibility index (Phi) is 9.68. The normalized spacial score (nSPS) is 11.1. The number of anilines is 3. The molecule has 0 heterocycles. The minimum absolute atomic E-state index is 1.09. The zero-order valence-corrected chi connectivity index (χ0v) is 32.6. The van der Waals surface area contributed by atoms with Crippen LogP contribution in [0, 0.1) is 0 Å². The van der Waals surface area contributed by atoms with Crippen LogP contribution in [0.3, 0.4) is 0 Å². The van der Waals surface area contributed by atoms with Gasteiger partial charge in [0.25, 0.3) is 0 Å². The topological polar surface area (TPSA) is 3.24 Å². The number of hydrogen-bond donors (Lipinski definition) is 0. The van der Waals surface area contributed by atoms with Crippen molar-refractivity contribution >= 4 is 27.8 Å². The number of nitrogens with zero attached hydrogens (tertiary/aromatic N) is 1. The third-order valence-electron chi connectivity index (χ3n) is 11.3. The Labute approximate surface area is 346 Å². The largest absolute Gasteiger partial charge is 0.310 e. The molecule has 0 aliphatic heterocycles. The van der Waals surface area contributed by atoms with Crippen molar-refractivity contribution in [3.63, 3.8) is 0 Å². The van der Waals surface area contributed by atoms with Crippen LogP contribution in [0.4, 0.5) is 17.1 Å². The third kappa shape index (κ3) is 7.23. The molecule has 0 aliphatic rings. The molecule has 0 spiro atoms. The minimum atomic E-state index is 1.09. The van der Waals surface area contributed by atoms with Crippen LogP contribution in [-0.4, -0.2) is 0 Å². The molecule has 0 bridgehead atoms. The highest BCUT2D eigenvalue weighted by Crippen LogP contribution is 2.46. The number of para-hydroxylation sites is 1. The summed E-state index contributed by atoms with van der Waals surface area (Å²) >= 11 is 0. The number of benzene rings is 10. The number of fused-ring (bicyclic) bond motifs is 1. The second-order valence-electron chi connectivity index (χ2n) is 14.9. The molecule has 0 aliphatic carbocycles. The lowest BCUT2D eigenvalue weighted by Crippen LogP contribution is -2.11. The van der Waals surface area contributed by atoms with Crippen LogP contribution < -0.4 is 4.90 Å². The highest BCUT2D eigenvalue weighted by molar-refractivity contribution is 5.98. The number of hydrogen-bond acceptors (Lipinski definition) is 1. The van der Waals surface area contributed by atoms with Crippen LogP contribution in [0.25, 0.3) is 77.5 Å². The monoisotopic (exact) mass is 751 g/mol. The number of rotatable bonds is 9. The highest BCUT2D eigenvalue weighted by Gasteiger charge is 2.21. The van der Waals surface area contributed by atoms with E-state index >= 15 is 0 Å². The Balaban J connectivity index is 1.11. The van der Waals surface area contributed by atoms with Crippen LogP contribution in [-0.2, 0) is 0 Å². The summed E-state index contributed by atoms with van der Waals surface area (Å²) in [6, 6.07) is 89.9. The van der Waals surface area contributed by atoms with Gasteiger partial charge in [0.05, 0.1) is 5.69 Å². The summed E-state index contributed by atoms with van der Waals surface area (Å²) in [5, 5.41) is 2.48. The molecule has 278 valence electrons. The maximum absolute atomic E-state index is 2.42. The Morgan fingerprint density at radius 2 is 0.627 bits per heavy atom. The van der Waals surface area contributed by atoms with E-state index < -0.39 is 0 Å². The lowest BCUT2D eigenvalue weighted by atomic mass is 9.88. The molecule has 10 rings (SSSR count). The first-order chi connectivity index (χ1) is 29.3. The molecular formula is C58H41N. The molecule has 10 aromatic rings. The predicted molar refractivity (Wildman–Crippen MR) is 251 cm³/mol. The second kappa shape index (κ2) is 16.0. The van der Waals surface area contributed by atoms with E-state index in [0.29, 0.717) is 0 Å². The Bertz CT molecular complexity index is 3020. The predicted octanol–water partition coefficient (Wildman–Crippen LogP) is 16.3. The summed E-state index contributed by atoms with van der Waals surface area (Å²) in [7, 11) is 0. The smallest absolute Gasteiger partial charge is 0.0540 e. The molecule has 1 nitrogen and oxygen atoms in total. The van der Waals surface area contributed by atoms with Crippen molar-refractivity contribution in [1.29, 1.82) is 0 Å². The quantitative estimate of drug-likeness (QED) is 0.142. The van der Waals surface area contributed by atoms with Gasteiger partial charge in [-0.15, -0.1) is 0 Å². The van der Waals surface area contributed by atoms with E-state index in [0.717, 1.165) is 22.6 Å². The molecule has 59 heavy (non-hydrogen) atoms. The fourth-order valence-corrected chi connectivity index (χ4v) is 8.35. The summed E-state index contributed by atoms with van der Waals surface area (Å²) in [6.45, 7) is 0. The van der Waals surface area contributed by atoms with Gasteiger partial charge in [-0.3, -0.25) is 0 Å². The fourth-order valence-electron chi connectivity index (χ4n) is 8.35. The van der Waals surface area contributed by atoms with Gasteiger partial charge in [-0.2, -0.15) is 0 Å². The van der Waals surface area contributed by atoms with Gasteiger partial charge in [-0.1, -0.05) is 212 Å². The lowest BCUT2D eigenvalue weighted by Gasteiger charge is -2.29. The van der Waals surface area contributed by atoms with E-state index in [1.807, 2.05) is 0 Å². The Morgan fingerprint density at radius 1 is 0.203 bits per heavy atom. The van der Waals surface area contributed by atoms with Gasteiger partial charge in [0, 0.05) is 16.9 Å². The summed E-state index contributed by atoms with van der Waals surface area (Å²) in [4.78, 5) is 2.42.